The quantitative estimate of drug-likeness (QED) is 0.338. The molecule has 0 aromatic carbocycles. The van der Waals surface area contributed by atoms with Gasteiger partial charge in [0.2, 0.25) is 0 Å². The number of rotatable bonds is 10. The Hall–Kier alpha value is -0.850. The number of ether oxygens (including phenoxy) is 1. The molecule has 0 bridgehead atoms. The summed E-state index contributed by atoms with van der Waals surface area (Å²) in [5, 5.41) is 6.87. The Morgan fingerprint density at radius 3 is 2.75 bits per heavy atom. The zero-order valence-corrected chi connectivity index (χ0v) is 18.9. The molecule has 0 amide bonds. The Balaban J connectivity index is 1.64. The molecule has 0 aromatic rings. The van der Waals surface area contributed by atoms with Gasteiger partial charge in [-0.1, -0.05) is 20.8 Å². The molecule has 2 atom stereocenters. The zero-order valence-electron chi connectivity index (χ0n) is 18.9. The van der Waals surface area contributed by atoms with Crippen molar-refractivity contribution in [2.45, 2.75) is 59.5 Å². The van der Waals surface area contributed by atoms with E-state index < -0.39 is 0 Å². The topological polar surface area (TPSA) is 52.1 Å². The molecule has 0 radical (unpaired) electrons. The van der Waals surface area contributed by atoms with Gasteiger partial charge in [-0.25, -0.2) is 0 Å². The molecule has 0 aromatic heterocycles. The highest BCUT2D eigenvalue weighted by atomic mass is 16.5. The average Bonchev–Trinajstić information content (AvgIpc) is 2.65. The summed E-state index contributed by atoms with van der Waals surface area (Å²) in [4.78, 5) is 9.93. The van der Waals surface area contributed by atoms with Crippen LogP contribution in [0.4, 0.5) is 0 Å². The summed E-state index contributed by atoms with van der Waals surface area (Å²) < 4.78 is 5.93. The van der Waals surface area contributed by atoms with Crippen LogP contribution < -0.4 is 10.6 Å². The minimum Gasteiger partial charge on any atom is -0.374 e. The van der Waals surface area contributed by atoms with Crippen LogP contribution in [0.3, 0.4) is 0 Å². The summed E-state index contributed by atoms with van der Waals surface area (Å²) in [7, 11) is 0. The van der Waals surface area contributed by atoms with Crippen molar-refractivity contribution < 1.29 is 4.74 Å². The van der Waals surface area contributed by atoms with Crippen molar-refractivity contribution in [1.82, 2.24) is 20.4 Å². The number of hydrogen-bond donors (Lipinski definition) is 2. The third-order valence-corrected chi connectivity index (χ3v) is 5.58. The van der Waals surface area contributed by atoms with E-state index in [-0.39, 0.29) is 6.10 Å². The second kappa shape index (κ2) is 13.4. The van der Waals surface area contributed by atoms with Gasteiger partial charge < -0.3 is 20.3 Å². The van der Waals surface area contributed by atoms with E-state index in [0.717, 1.165) is 57.8 Å². The van der Waals surface area contributed by atoms with Gasteiger partial charge in [0.15, 0.2) is 5.96 Å². The van der Waals surface area contributed by atoms with Gasteiger partial charge in [0.25, 0.3) is 0 Å². The smallest absolute Gasteiger partial charge is 0.191 e. The van der Waals surface area contributed by atoms with E-state index in [9.17, 15) is 0 Å². The molecular weight excluding hydrogens is 350 g/mol. The lowest BCUT2D eigenvalue weighted by molar-refractivity contribution is -0.0261. The van der Waals surface area contributed by atoms with Gasteiger partial charge in [-0.05, 0) is 57.5 Å². The summed E-state index contributed by atoms with van der Waals surface area (Å²) in [6.45, 7) is 19.5. The first-order valence-corrected chi connectivity index (χ1v) is 11.6. The van der Waals surface area contributed by atoms with Crippen LogP contribution in [-0.4, -0.2) is 87.4 Å². The highest BCUT2D eigenvalue weighted by Gasteiger charge is 2.20. The number of hydrogen-bond acceptors (Lipinski definition) is 4. The predicted octanol–water partition coefficient (Wildman–Crippen LogP) is 2.41. The highest BCUT2D eigenvalue weighted by Crippen LogP contribution is 2.15. The molecule has 6 nitrogen and oxygen atoms in total. The van der Waals surface area contributed by atoms with E-state index in [2.05, 4.69) is 48.1 Å². The Bertz CT molecular complexity index is 443. The van der Waals surface area contributed by atoms with Gasteiger partial charge in [-0.2, -0.15) is 0 Å². The van der Waals surface area contributed by atoms with Crippen molar-refractivity contribution in [2.24, 2.45) is 16.8 Å². The average molecular weight is 396 g/mol. The number of guanidine groups is 1. The minimum absolute atomic E-state index is 0.212. The van der Waals surface area contributed by atoms with Crippen molar-refractivity contribution in [2.75, 3.05) is 65.5 Å². The van der Waals surface area contributed by atoms with E-state index in [4.69, 9.17) is 9.73 Å². The Morgan fingerprint density at radius 2 is 2.00 bits per heavy atom. The number of nitrogens with one attached hydrogen (secondary N) is 2. The fraction of sp³-hybridized carbons (Fsp3) is 0.955. The first-order valence-electron chi connectivity index (χ1n) is 11.6. The van der Waals surface area contributed by atoms with E-state index >= 15 is 0 Å². The Labute approximate surface area is 173 Å². The monoisotopic (exact) mass is 395 g/mol. The molecule has 2 N–H and O–H groups in total. The fourth-order valence-corrected chi connectivity index (χ4v) is 4.26. The number of unbranched alkanes of at least 4 members (excludes halogenated alkanes) is 1. The largest absolute Gasteiger partial charge is 0.374 e. The molecule has 28 heavy (non-hydrogen) atoms. The van der Waals surface area contributed by atoms with Gasteiger partial charge in [0.1, 0.15) is 0 Å². The zero-order chi connectivity index (χ0) is 20.2. The molecule has 2 aliphatic heterocycles. The van der Waals surface area contributed by atoms with Gasteiger partial charge in [0, 0.05) is 39.3 Å². The van der Waals surface area contributed by atoms with Gasteiger partial charge in [0.05, 0.1) is 19.3 Å². The summed E-state index contributed by atoms with van der Waals surface area (Å²) in [6.07, 6.45) is 5.44. The van der Waals surface area contributed by atoms with E-state index in [0.29, 0.717) is 5.92 Å². The number of likely N-dealkylation sites (tertiary alicyclic amines) is 1. The highest BCUT2D eigenvalue weighted by molar-refractivity contribution is 5.79. The van der Waals surface area contributed by atoms with Crippen LogP contribution >= 0.6 is 0 Å². The lowest BCUT2D eigenvalue weighted by atomic mass is 10.0. The lowest BCUT2D eigenvalue weighted by Gasteiger charge is -2.33. The number of aliphatic imine (C=N–C) groups is 1. The Kier molecular flexibility index (Phi) is 11.2. The van der Waals surface area contributed by atoms with Crippen LogP contribution in [0.5, 0.6) is 0 Å². The Morgan fingerprint density at radius 1 is 1.14 bits per heavy atom. The first kappa shape index (κ1) is 23.4. The second-order valence-electron chi connectivity index (χ2n) is 9.05. The maximum absolute atomic E-state index is 5.93. The molecule has 2 saturated heterocycles. The standard InChI is InChI=1S/C22H45N5O/c1-5-23-22(24-10-6-7-11-26-12-8-9-20(4)17-26)25-15-21-18-27(13-14-28-21)16-19(2)3/h19-21H,5-18H2,1-4H3,(H2,23,24,25). The number of morpholine rings is 1. The van der Waals surface area contributed by atoms with Crippen molar-refractivity contribution in [1.29, 1.82) is 0 Å². The van der Waals surface area contributed by atoms with Crippen LogP contribution in [0.1, 0.15) is 53.4 Å². The maximum Gasteiger partial charge on any atom is 0.191 e. The first-order chi connectivity index (χ1) is 13.6. The van der Waals surface area contributed by atoms with Crippen LogP contribution in [0, 0.1) is 11.8 Å². The third kappa shape index (κ3) is 9.57. The molecule has 2 aliphatic rings. The minimum atomic E-state index is 0.212. The maximum atomic E-state index is 5.93. The summed E-state index contributed by atoms with van der Waals surface area (Å²) in [5.41, 5.74) is 0. The van der Waals surface area contributed by atoms with Crippen LogP contribution in [0.2, 0.25) is 0 Å². The third-order valence-electron chi connectivity index (χ3n) is 5.58. The summed E-state index contributed by atoms with van der Waals surface area (Å²) in [5.74, 6) is 2.51. The van der Waals surface area contributed by atoms with Gasteiger partial charge in [-0.15, -0.1) is 0 Å². The SMILES string of the molecule is CCNC(=NCC1CN(CC(C)C)CCO1)NCCCCN1CCCC(C)C1. The van der Waals surface area contributed by atoms with E-state index in [1.54, 1.807) is 0 Å². The second-order valence-corrected chi connectivity index (χ2v) is 9.05. The van der Waals surface area contributed by atoms with Gasteiger partial charge in [-0.3, -0.25) is 9.89 Å². The van der Waals surface area contributed by atoms with Crippen molar-refractivity contribution >= 4 is 5.96 Å². The summed E-state index contributed by atoms with van der Waals surface area (Å²) in [6, 6.07) is 0. The van der Waals surface area contributed by atoms with E-state index in [1.165, 1.54) is 45.3 Å². The van der Waals surface area contributed by atoms with Crippen molar-refractivity contribution in [3.8, 4) is 0 Å². The molecule has 2 unspecified atom stereocenters. The lowest BCUT2D eigenvalue weighted by Crippen LogP contribution is -2.46. The molecule has 2 rings (SSSR count). The molecule has 0 spiro atoms. The van der Waals surface area contributed by atoms with Crippen LogP contribution in [-0.2, 0) is 4.74 Å². The van der Waals surface area contributed by atoms with Crippen LogP contribution in [0.15, 0.2) is 4.99 Å². The van der Waals surface area contributed by atoms with Crippen LogP contribution in [0.25, 0.3) is 0 Å². The van der Waals surface area contributed by atoms with Crippen molar-refractivity contribution in [3.05, 3.63) is 0 Å². The molecule has 2 heterocycles. The van der Waals surface area contributed by atoms with E-state index in [1.807, 2.05) is 0 Å². The normalized spacial score (nSPS) is 25.2. The molecule has 164 valence electrons. The predicted molar refractivity (Wildman–Crippen MR) is 119 cm³/mol. The van der Waals surface area contributed by atoms with Crippen molar-refractivity contribution in [3.63, 3.8) is 0 Å². The summed E-state index contributed by atoms with van der Waals surface area (Å²) >= 11 is 0. The number of nitrogens with zero attached hydrogens (tertiary/aromatic N) is 3. The molecule has 0 aliphatic carbocycles. The molecule has 0 saturated carbocycles. The molecule has 6 heteroatoms. The number of piperidine rings is 1. The fourth-order valence-electron chi connectivity index (χ4n) is 4.26. The van der Waals surface area contributed by atoms with Gasteiger partial charge >= 0.3 is 0 Å². The molecular formula is C22H45N5O. The molecule has 2 fully saturated rings.